The topological polar surface area (TPSA) is 38.7 Å². The summed E-state index contributed by atoms with van der Waals surface area (Å²) in [7, 11) is 0. The van der Waals surface area contributed by atoms with E-state index in [2.05, 4.69) is 11.7 Å². The number of oxime groups is 1. The Kier molecular flexibility index (Phi) is 5.67. The molecule has 0 fully saturated rings. The molecule has 17 heavy (non-hydrogen) atoms. The minimum Gasteiger partial charge on any atom is -0.392 e. The maximum atomic E-state index is 10.8. The molecule has 1 rings (SSSR count). The molecule has 0 aromatic rings. The molecular weight excluding hydrogens is 214 g/mol. The van der Waals surface area contributed by atoms with Crippen molar-refractivity contribution in [2.45, 2.75) is 45.6 Å². The van der Waals surface area contributed by atoms with Gasteiger partial charge >= 0.3 is 0 Å². The summed E-state index contributed by atoms with van der Waals surface area (Å²) < 4.78 is 0. The first-order valence-electron chi connectivity index (χ1n) is 6.13. The molecule has 0 amide bonds. The lowest BCUT2D eigenvalue weighted by atomic mass is 9.90. The number of carbonyl (C=O) groups excluding carboxylic acids is 1. The standard InChI is InChI=1S/C14H21NO2/c1-4-5-10-14-13(12(3)15-17-14)9-7-6-8-11(2)16/h4,6,8,13-14H,1,5,7,9-10H2,2-3H3/b8-6+/t13-,14-/m0/s1. The Morgan fingerprint density at radius 2 is 2.24 bits per heavy atom. The molecule has 1 aliphatic heterocycles. The van der Waals surface area contributed by atoms with E-state index in [-0.39, 0.29) is 11.9 Å². The molecule has 0 radical (unpaired) electrons. The van der Waals surface area contributed by atoms with Crippen LogP contribution < -0.4 is 0 Å². The van der Waals surface area contributed by atoms with Crippen LogP contribution in [0, 0.1) is 5.92 Å². The Hall–Kier alpha value is -1.38. The number of hydrogen-bond donors (Lipinski definition) is 0. The summed E-state index contributed by atoms with van der Waals surface area (Å²) in [5.41, 5.74) is 1.07. The van der Waals surface area contributed by atoms with Gasteiger partial charge in [-0.25, -0.2) is 0 Å². The summed E-state index contributed by atoms with van der Waals surface area (Å²) in [6, 6.07) is 0. The first-order chi connectivity index (χ1) is 8.15. The van der Waals surface area contributed by atoms with Crippen LogP contribution in [-0.4, -0.2) is 17.6 Å². The predicted octanol–water partition coefficient (Wildman–Crippen LogP) is 3.27. The highest BCUT2D eigenvalue weighted by Gasteiger charge is 2.29. The largest absolute Gasteiger partial charge is 0.392 e. The van der Waals surface area contributed by atoms with E-state index in [0.717, 1.165) is 31.4 Å². The van der Waals surface area contributed by atoms with Crippen molar-refractivity contribution in [2.24, 2.45) is 11.1 Å². The second-order valence-electron chi connectivity index (χ2n) is 4.44. The third-order valence-corrected chi connectivity index (χ3v) is 2.97. The van der Waals surface area contributed by atoms with Gasteiger partial charge in [-0.05, 0) is 45.6 Å². The first-order valence-corrected chi connectivity index (χ1v) is 6.13. The molecule has 0 bridgehead atoms. The minimum absolute atomic E-state index is 0.0984. The summed E-state index contributed by atoms with van der Waals surface area (Å²) in [6.45, 7) is 7.29. The highest BCUT2D eigenvalue weighted by Crippen LogP contribution is 2.26. The molecule has 0 N–H and O–H groups in total. The third kappa shape index (κ3) is 4.55. The molecule has 1 heterocycles. The highest BCUT2D eigenvalue weighted by molar-refractivity contribution is 5.87. The zero-order valence-corrected chi connectivity index (χ0v) is 10.7. The van der Waals surface area contributed by atoms with Gasteiger partial charge in [-0.1, -0.05) is 17.3 Å². The van der Waals surface area contributed by atoms with Gasteiger partial charge in [0.1, 0.15) is 6.10 Å². The molecule has 1 aliphatic rings. The molecular formula is C14H21NO2. The van der Waals surface area contributed by atoms with Gasteiger partial charge in [-0.15, -0.1) is 6.58 Å². The fraction of sp³-hybridized carbons (Fsp3) is 0.571. The van der Waals surface area contributed by atoms with E-state index in [0.29, 0.717) is 5.92 Å². The van der Waals surface area contributed by atoms with Gasteiger partial charge < -0.3 is 4.84 Å². The zero-order chi connectivity index (χ0) is 12.7. The van der Waals surface area contributed by atoms with Crippen LogP contribution in [0.3, 0.4) is 0 Å². The van der Waals surface area contributed by atoms with E-state index in [1.54, 1.807) is 13.0 Å². The molecule has 0 aliphatic carbocycles. The summed E-state index contributed by atoms with van der Waals surface area (Å²) in [5.74, 6) is 0.479. The monoisotopic (exact) mass is 235 g/mol. The van der Waals surface area contributed by atoms with Crippen molar-refractivity contribution in [1.29, 1.82) is 0 Å². The van der Waals surface area contributed by atoms with Crippen molar-refractivity contribution in [3.05, 3.63) is 24.8 Å². The van der Waals surface area contributed by atoms with Crippen molar-refractivity contribution in [3.63, 3.8) is 0 Å². The molecule has 3 heteroatoms. The van der Waals surface area contributed by atoms with Crippen LogP contribution in [0.4, 0.5) is 0 Å². The average Bonchev–Trinajstić information content (AvgIpc) is 2.63. The molecule has 0 saturated heterocycles. The van der Waals surface area contributed by atoms with Gasteiger partial charge in [0.05, 0.1) is 5.71 Å². The number of ketones is 1. The van der Waals surface area contributed by atoms with Crippen LogP contribution in [0.25, 0.3) is 0 Å². The number of allylic oxidation sites excluding steroid dienone is 3. The SMILES string of the molecule is C=CCC[C@@H]1ON=C(C)[C@@H]1CC/C=C/C(C)=O. The van der Waals surface area contributed by atoms with Crippen LogP contribution in [0.15, 0.2) is 30.0 Å². The Labute approximate surface area is 103 Å². The Morgan fingerprint density at radius 1 is 1.47 bits per heavy atom. The van der Waals surface area contributed by atoms with Crippen molar-refractivity contribution >= 4 is 11.5 Å². The molecule has 0 aromatic carbocycles. The van der Waals surface area contributed by atoms with Gasteiger partial charge in [0.25, 0.3) is 0 Å². The fourth-order valence-corrected chi connectivity index (χ4v) is 2.02. The number of rotatable bonds is 7. The van der Waals surface area contributed by atoms with Gasteiger partial charge in [-0.2, -0.15) is 0 Å². The van der Waals surface area contributed by atoms with Gasteiger partial charge in [-0.3, -0.25) is 4.79 Å². The second-order valence-corrected chi connectivity index (χ2v) is 4.44. The Morgan fingerprint density at radius 3 is 2.88 bits per heavy atom. The van der Waals surface area contributed by atoms with E-state index >= 15 is 0 Å². The van der Waals surface area contributed by atoms with Gasteiger partial charge in [0.15, 0.2) is 5.78 Å². The highest BCUT2D eigenvalue weighted by atomic mass is 16.6. The van der Waals surface area contributed by atoms with Crippen LogP contribution in [0.1, 0.15) is 39.5 Å². The summed E-state index contributed by atoms with van der Waals surface area (Å²) in [4.78, 5) is 16.2. The van der Waals surface area contributed by atoms with E-state index in [1.807, 2.05) is 19.1 Å². The average molecular weight is 235 g/mol. The lowest BCUT2D eigenvalue weighted by Gasteiger charge is -2.16. The summed E-state index contributed by atoms with van der Waals surface area (Å²) in [5, 5.41) is 4.06. The van der Waals surface area contributed by atoms with E-state index in [9.17, 15) is 4.79 Å². The Bertz CT molecular complexity index is 331. The molecule has 2 atom stereocenters. The van der Waals surface area contributed by atoms with Gasteiger partial charge in [0.2, 0.25) is 0 Å². The molecule has 0 aromatic heterocycles. The smallest absolute Gasteiger partial charge is 0.152 e. The molecule has 0 unspecified atom stereocenters. The fourth-order valence-electron chi connectivity index (χ4n) is 2.02. The zero-order valence-electron chi connectivity index (χ0n) is 10.7. The second kappa shape index (κ2) is 7.05. The quantitative estimate of drug-likeness (QED) is 0.502. The summed E-state index contributed by atoms with van der Waals surface area (Å²) in [6.07, 6.45) is 9.44. The molecule has 0 spiro atoms. The maximum absolute atomic E-state index is 10.8. The normalized spacial score (nSPS) is 23.5. The maximum Gasteiger partial charge on any atom is 0.152 e. The van der Waals surface area contributed by atoms with E-state index in [4.69, 9.17) is 4.84 Å². The van der Waals surface area contributed by atoms with Crippen LogP contribution >= 0.6 is 0 Å². The van der Waals surface area contributed by atoms with Crippen molar-refractivity contribution in [3.8, 4) is 0 Å². The molecule has 3 nitrogen and oxygen atoms in total. The van der Waals surface area contributed by atoms with E-state index in [1.165, 1.54) is 0 Å². The number of hydrogen-bond acceptors (Lipinski definition) is 3. The molecule has 0 saturated carbocycles. The number of nitrogens with zero attached hydrogens (tertiary/aromatic N) is 1. The lowest BCUT2D eigenvalue weighted by Crippen LogP contribution is -2.21. The molecule has 94 valence electrons. The van der Waals surface area contributed by atoms with E-state index < -0.39 is 0 Å². The van der Waals surface area contributed by atoms with Crippen molar-refractivity contribution in [1.82, 2.24) is 0 Å². The minimum atomic E-state index is 0.0984. The Balaban J connectivity index is 2.39. The lowest BCUT2D eigenvalue weighted by molar-refractivity contribution is -0.112. The summed E-state index contributed by atoms with van der Waals surface area (Å²) >= 11 is 0. The number of carbonyl (C=O) groups is 1. The van der Waals surface area contributed by atoms with Crippen LogP contribution in [-0.2, 0) is 9.63 Å². The van der Waals surface area contributed by atoms with Gasteiger partial charge in [0, 0.05) is 5.92 Å². The predicted molar refractivity (Wildman–Crippen MR) is 70.0 cm³/mol. The third-order valence-electron chi connectivity index (χ3n) is 2.97. The van der Waals surface area contributed by atoms with Crippen LogP contribution in [0.2, 0.25) is 0 Å². The van der Waals surface area contributed by atoms with Crippen LogP contribution in [0.5, 0.6) is 0 Å². The van der Waals surface area contributed by atoms with Crippen molar-refractivity contribution in [2.75, 3.05) is 0 Å². The first kappa shape index (κ1) is 13.7. The van der Waals surface area contributed by atoms with Crippen molar-refractivity contribution < 1.29 is 9.63 Å².